The fraction of sp³-hybridized carbons (Fsp3) is 0.130. The van der Waals surface area contributed by atoms with E-state index in [1.807, 2.05) is 6.92 Å². The second kappa shape index (κ2) is 11.0. The Bertz CT molecular complexity index is 1150. The van der Waals surface area contributed by atoms with Gasteiger partial charge in [0.05, 0.1) is 4.92 Å². The van der Waals surface area contributed by atoms with Crippen molar-refractivity contribution in [2.45, 2.75) is 6.92 Å². The minimum Gasteiger partial charge on any atom is -0.484 e. The van der Waals surface area contributed by atoms with Gasteiger partial charge in [0.1, 0.15) is 11.5 Å². The van der Waals surface area contributed by atoms with E-state index in [-0.39, 0.29) is 34.9 Å². The molecule has 0 atom stereocenters. The number of rotatable bonds is 9. The van der Waals surface area contributed by atoms with Gasteiger partial charge in [0.15, 0.2) is 6.61 Å². The summed E-state index contributed by atoms with van der Waals surface area (Å²) in [6.07, 6.45) is 0. The van der Waals surface area contributed by atoms with Gasteiger partial charge in [-0.05, 0) is 67.6 Å². The summed E-state index contributed by atoms with van der Waals surface area (Å²) in [5.74, 6) is 0.293. The molecule has 3 rings (SSSR count). The zero-order chi connectivity index (χ0) is 23.8. The first-order valence-electron chi connectivity index (χ1n) is 9.88. The Balaban J connectivity index is 1.59. The lowest BCUT2D eigenvalue weighted by Gasteiger charge is -2.09. The van der Waals surface area contributed by atoms with Crippen molar-refractivity contribution in [2.75, 3.05) is 18.5 Å². The average molecular weight is 470 g/mol. The molecular weight excluding hydrogens is 450 g/mol. The van der Waals surface area contributed by atoms with Crippen molar-refractivity contribution in [1.82, 2.24) is 5.32 Å². The van der Waals surface area contributed by atoms with Gasteiger partial charge in [0.25, 0.3) is 11.8 Å². The van der Waals surface area contributed by atoms with Crippen molar-refractivity contribution in [3.63, 3.8) is 0 Å². The van der Waals surface area contributed by atoms with Crippen LogP contribution >= 0.6 is 11.6 Å². The maximum atomic E-state index is 12.5. The van der Waals surface area contributed by atoms with E-state index in [9.17, 15) is 19.7 Å². The molecule has 33 heavy (non-hydrogen) atoms. The van der Waals surface area contributed by atoms with E-state index in [2.05, 4.69) is 10.6 Å². The highest BCUT2D eigenvalue weighted by Crippen LogP contribution is 2.33. The summed E-state index contributed by atoms with van der Waals surface area (Å²) in [6, 6.07) is 16.8. The molecule has 10 heteroatoms. The van der Waals surface area contributed by atoms with Crippen LogP contribution < -0.4 is 20.1 Å². The van der Waals surface area contributed by atoms with Crippen LogP contribution in [0.25, 0.3) is 0 Å². The van der Waals surface area contributed by atoms with E-state index < -0.39 is 4.92 Å². The number of nitrogens with one attached hydrogen (secondary N) is 2. The maximum Gasteiger partial charge on any atom is 0.313 e. The van der Waals surface area contributed by atoms with Crippen molar-refractivity contribution < 1.29 is 24.0 Å². The van der Waals surface area contributed by atoms with Crippen molar-refractivity contribution in [3.05, 3.63) is 87.4 Å². The van der Waals surface area contributed by atoms with Gasteiger partial charge < -0.3 is 20.1 Å². The molecule has 0 heterocycles. The Morgan fingerprint density at radius 2 is 1.67 bits per heavy atom. The Kier molecular flexibility index (Phi) is 7.82. The maximum absolute atomic E-state index is 12.5. The molecule has 3 aromatic rings. The van der Waals surface area contributed by atoms with Gasteiger partial charge in [-0.2, -0.15) is 0 Å². The molecule has 2 N–H and O–H groups in total. The van der Waals surface area contributed by atoms with Gasteiger partial charge in [0, 0.05) is 28.9 Å². The Morgan fingerprint density at radius 3 is 2.30 bits per heavy atom. The van der Waals surface area contributed by atoms with Crippen LogP contribution in [0.4, 0.5) is 11.4 Å². The minimum atomic E-state index is -0.584. The Hall–Kier alpha value is -4.11. The molecule has 9 nitrogen and oxygen atoms in total. The van der Waals surface area contributed by atoms with Crippen LogP contribution in [0.15, 0.2) is 66.7 Å². The third-order valence-corrected chi connectivity index (χ3v) is 4.55. The largest absolute Gasteiger partial charge is 0.484 e. The van der Waals surface area contributed by atoms with Crippen LogP contribution in [0.3, 0.4) is 0 Å². The molecule has 2 amide bonds. The number of nitro benzene ring substituents is 1. The molecule has 0 aliphatic carbocycles. The number of likely N-dealkylation sites (N-methyl/N-ethyl adjacent to an activating group) is 1. The standard InChI is InChI=1S/C23H20ClN3O6/c1-2-25-22(28)14-32-18-10-6-17(7-11-18)26-23(29)15-3-8-19(9-4-15)33-21-12-5-16(24)13-20(21)27(30)31/h3-13H,2,14H2,1H3,(H,25,28)(H,26,29). The Morgan fingerprint density at radius 1 is 1.00 bits per heavy atom. The van der Waals surface area contributed by atoms with Gasteiger partial charge in [-0.1, -0.05) is 11.6 Å². The van der Waals surface area contributed by atoms with Gasteiger partial charge in [-0.25, -0.2) is 0 Å². The zero-order valence-corrected chi connectivity index (χ0v) is 18.3. The third-order valence-electron chi connectivity index (χ3n) is 4.32. The first kappa shape index (κ1) is 23.6. The summed E-state index contributed by atoms with van der Waals surface area (Å²) in [5, 5.41) is 16.8. The van der Waals surface area contributed by atoms with Crippen LogP contribution in [0, 0.1) is 10.1 Å². The quantitative estimate of drug-likeness (QED) is 0.343. The number of nitro groups is 1. The molecule has 3 aromatic carbocycles. The number of nitrogens with zero attached hydrogens (tertiary/aromatic N) is 1. The summed E-state index contributed by atoms with van der Waals surface area (Å²) >= 11 is 5.81. The van der Waals surface area contributed by atoms with Gasteiger partial charge in [-0.3, -0.25) is 19.7 Å². The highest BCUT2D eigenvalue weighted by atomic mass is 35.5. The topological polar surface area (TPSA) is 120 Å². The van der Waals surface area contributed by atoms with Gasteiger partial charge in [-0.15, -0.1) is 0 Å². The molecule has 0 saturated heterocycles. The SMILES string of the molecule is CCNC(=O)COc1ccc(NC(=O)c2ccc(Oc3ccc(Cl)cc3[N+](=O)[O-])cc2)cc1. The molecule has 0 radical (unpaired) electrons. The molecular formula is C23H20ClN3O6. The monoisotopic (exact) mass is 469 g/mol. The predicted octanol–water partition coefficient (Wildman–Crippen LogP) is 4.81. The highest BCUT2D eigenvalue weighted by Gasteiger charge is 2.17. The lowest BCUT2D eigenvalue weighted by molar-refractivity contribution is -0.385. The summed E-state index contributed by atoms with van der Waals surface area (Å²) < 4.78 is 10.9. The molecule has 170 valence electrons. The lowest BCUT2D eigenvalue weighted by atomic mass is 10.2. The number of hydrogen-bond donors (Lipinski definition) is 2. The molecule has 0 aliphatic rings. The average Bonchev–Trinajstić information content (AvgIpc) is 2.80. The second-order valence-electron chi connectivity index (χ2n) is 6.72. The van der Waals surface area contributed by atoms with E-state index >= 15 is 0 Å². The third kappa shape index (κ3) is 6.68. The number of benzene rings is 3. The first-order valence-corrected chi connectivity index (χ1v) is 10.3. The van der Waals surface area contributed by atoms with Crippen molar-refractivity contribution in [3.8, 4) is 17.2 Å². The van der Waals surface area contributed by atoms with Crippen molar-refractivity contribution >= 4 is 34.8 Å². The van der Waals surface area contributed by atoms with Crippen molar-refractivity contribution in [1.29, 1.82) is 0 Å². The second-order valence-corrected chi connectivity index (χ2v) is 7.15. The molecule has 0 unspecified atom stereocenters. The predicted molar refractivity (Wildman–Crippen MR) is 123 cm³/mol. The molecule has 0 aliphatic heterocycles. The van der Waals surface area contributed by atoms with E-state index in [0.29, 0.717) is 29.3 Å². The smallest absolute Gasteiger partial charge is 0.313 e. The number of carbonyl (C=O) groups is 2. The molecule has 0 aromatic heterocycles. The Labute approximate surface area is 194 Å². The van der Waals surface area contributed by atoms with Crippen LogP contribution in [-0.2, 0) is 4.79 Å². The molecule has 0 spiro atoms. The van der Waals surface area contributed by atoms with Crippen LogP contribution in [0.2, 0.25) is 5.02 Å². The van der Waals surface area contributed by atoms with Crippen LogP contribution in [0.5, 0.6) is 17.2 Å². The number of anilines is 1. The minimum absolute atomic E-state index is 0.0380. The number of carbonyl (C=O) groups excluding carboxylic acids is 2. The highest BCUT2D eigenvalue weighted by molar-refractivity contribution is 6.30. The lowest BCUT2D eigenvalue weighted by Crippen LogP contribution is -2.28. The summed E-state index contributed by atoms with van der Waals surface area (Å²) in [4.78, 5) is 34.5. The van der Waals surface area contributed by atoms with Gasteiger partial charge in [0.2, 0.25) is 5.75 Å². The summed E-state index contributed by atoms with van der Waals surface area (Å²) in [6.45, 7) is 2.26. The molecule has 0 saturated carbocycles. The van der Waals surface area contributed by atoms with Gasteiger partial charge >= 0.3 is 5.69 Å². The summed E-state index contributed by atoms with van der Waals surface area (Å²) in [5.41, 5.74) is 0.648. The van der Waals surface area contributed by atoms with E-state index in [4.69, 9.17) is 21.1 Å². The summed E-state index contributed by atoms with van der Waals surface area (Å²) in [7, 11) is 0. The fourth-order valence-electron chi connectivity index (χ4n) is 2.76. The van der Waals surface area contributed by atoms with E-state index in [1.165, 1.54) is 42.5 Å². The zero-order valence-electron chi connectivity index (χ0n) is 17.5. The number of ether oxygens (including phenoxy) is 2. The van der Waals surface area contributed by atoms with Crippen molar-refractivity contribution in [2.24, 2.45) is 0 Å². The molecule has 0 fully saturated rings. The fourth-order valence-corrected chi connectivity index (χ4v) is 2.92. The van der Waals surface area contributed by atoms with E-state index in [0.717, 1.165) is 0 Å². The van der Waals surface area contributed by atoms with Crippen LogP contribution in [0.1, 0.15) is 17.3 Å². The number of halogens is 1. The molecule has 0 bridgehead atoms. The van der Waals surface area contributed by atoms with Crippen LogP contribution in [-0.4, -0.2) is 29.9 Å². The normalized spacial score (nSPS) is 10.2. The number of hydrogen-bond acceptors (Lipinski definition) is 6. The van der Waals surface area contributed by atoms with E-state index in [1.54, 1.807) is 24.3 Å². The number of amides is 2. The first-order chi connectivity index (χ1) is 15.9.